The van der Waals surface area contributed by atoms with Crippen molar-refractivity contribution in [3.8, 4) is 17.1 Å². The fourth-order valence-electron chi connectivity index (χ4n) is 4.75. The van der Waals surface area contributed by atoms with Gasteiger partial charge in [0.15, 0.2) is 5.52 Å². The van der Waals surface area contributed by atoms with E-state index in [-0.39, 0.29) is 12.0 Å². The van der Waals surface area contributed by atoms with E-state index in [9.17, 15) is 4.79 Å². The number of aryl methyl sites for hydroxylation is 1. The summed E-state index contributed by atoms with van der Waals surface area (Å²) in [6.45, 7) is 4.82. The lowest BCUT2D eigenvalue weighted by Gasteiger charge is -2.27. The number of hydrogen-bond donors (Lipinski definition) is 1. The average Bonchev–Trinajstić information content (AvgIpc) is 3.03. The van der Waals surface area contributed by atoms with Crippen LogP contribution in [0.25, 0.3) is 22.3 Å². The minimum atomic E-state index is -0.427. The number of benzene rings is 1. The van der Waals surface area contributed by atoms with Crippen LogP contribution in [0, 0.1) is 5.92 Å². The molecule has 1 saturated heterocycles. The summed E-state index contributed by atoms with van der Waals surface area (Å²) < 4.78 is 12.2. The molecule has 178 valence electrons. The zero-order valence-electron chi connectivity index (χ0n) is 19.6. The Kier molecular flexibility index (Phi) is 6.19. The number of urea groups is 1. The lowest BCUT2D eigenvalue weighted by atomic mass is 9.98. The normalized spacial score (nSPS) is 20.6. The lowest BCUT2D eigenvalue weighted by Crippen LogP contribution is -2.40. The highest BCUT2D eigenvalue weighted by molar-refractivity contribution is 5.83. The van der Waals surface area contributed by atoms with E-state index in [2.05, 4.69) is 40.1 Å². The molecule has 2 aliphatic heterocycles. The molecule has 3 aromatic rings. The van der Waals surface area contributed by atoms with E-state index in [0.717, 1.165) is 36.2 Å². The van der Waals surface area contributed by atoms with Crippen molar-refractivity contribution >= 4 is 22.8 Å². The first-order valence-electron chi connectivity index (χ1n) is 11.7. The van der Waals surface area contributed by atoms with Gasteiger partial charge in [0.2, 0.25) is 5.88 Å². The highest BCUT2D eigenvalue weighted by Crippen LogP contribution is 2.32. The molecule has 0 bridgehead atoms. The molecular weight excluding hydrogens is 432 g/mol. The second-order valence-corrected chi connectivity index (χ2v) is 9.09. The topological polar surface area (TPSA) is 107 Å². The monoisotopic (exact) mass is 462 g/mol. The fourth-order valence-corrected chi connectivity index (χ4v) is 4.75. The van der Waals surface area contributed by atoms with Gasteiger partial charge in [-0.2, -0.15) is 0 Å². The second-order valence-electron chi connectivity index (χ2n) is 9.09. The van der Waals surface area contributed by atoms with Crippen LogP contribution in [0.1, 0.15) is 18.9 Å². The van der Waals surface area contributed by atoms with Crippen LogP contribution < -0.4 is 15.4 Å². The van der Waals surface area contributed by atoms with Gasteiger partial charge in [-0.05, 0) is 36.6 Å². The first-order chi connectivity index (χ1) is 16.5. The van der Waals surface area contributed by atoms with Crippen molar-refractivity contribution in [1.29, 1.82) is 0 Å². The number of carbonyl (C=O) groups excluding carboxylic acids is 1. The fraction of sp³-hybridized carbons (Fsp3) is 0.440. The third kappa shape index (κ3) is 4.48. The largest absolute Gasteiger partial charge is 0.473 e. The maximum absolute atomic E-state index is 11.6. The van der Waals surface area contributed by atoms with E-state index in [4.69, 9.17) is 20.2 Å². The van der Waals surface area contributed by atoms with Crippen LogP contribution in [0.5, 0.6) is 5.88 Å². The van der Waals surface area contributed by atoms with Crippen LogP contribution in [-0.2, 0) is 11.2 Å². The van der Waals surface area contributed by atoms with Gasteiger partial charge < -0.3 is 25.0 Å². The molecule has 34 heavy (non-hydrogen) atoms. The molecule has 2 unspecified atom stereocenters. The van der Waals surface area contributed by atoms with Gasteiger partial charge in [0, 0.05) is 56.2 Å². The third-order valence-corrected chi connectivity index (χ3v) is 6.68. The Labute approximate surface area is 198 Å². The van der Waals surface area contributed by atoms with Crippen LogP contribution in [0.3, 0.4) is 0 Å². The molecule has 0 radical (unpaired) electrons. The number of rotatable bonds is 4. The van der Waals surface area contributed by atoms with Crippen LogP contribution in [-0.4, -0.2) is 71.9 Å². The number of nitrogens with zero attached hydrogens (tertiary/aromatic N) is 5. The van der Waals surface area contributed by atoms with Gasteiger partial charge in [0.25, 0.3) is 0 Å². The Morgan fingerprint density at radius 1 is 1.24 bits per heavy atom. The molecule has 1 fully saturated rings. The Hall–Kier alpha value is -3.46. The van der Waals surface area contributed by atoms with E-state index < -0.39 is 6.03 Å². The molecule has 9 heteroatoms. The molecule has 4 heterocycles. The number of pyridine rings is 1. The summed E-state index contributed by atoms with van der Waals surface area (Å²) in [5.41, 5.74) is 11.2. The zero-order chi connectivity index (χ0) is 23.7. The Balaban J connectivity index is 1.42. The molecule has 5 rings (SSSR count). The number of primary amides is 1. The predicted molar refractivity (Wildman–Crippen MR) is 130 cm³/mol. The summed E-state index contributed by atoms with van der Waals surface area (Å²) in [6, 6.07) is 8.01. The minimum absolute atomic E-state index is 0.0631. The average molecular weight is 463 g/mol. The van der Waals surface area contributed by atoms with Gasteiger partial charge in [0.1, 0.15) is 6.61 Å². The van der Waals surface area contributed by atoms with Gasteiger partial charge >= 0.3 is 6.03 Å². The quantitative estimate of drug-likeness (QED) is 0.635. The molecule has 2 N–H and O–H groups in total. The van der Waals surface area contributed by atoms with Gasteiger partial charge in [-0.25, -0.2) is 14.8 Å². The molecule has 0 spiro atoms. The summed E-state index contributed by atoms with van der Waals surface area (Å²) in [7, 11) is 2.13. The van der Waals surface area contributed by atoms with Crippen molar-refractivity contribution in [2.24, 2.45) is 11.7 Å². The molecule has 2 amide bonds. The van der Waals surface area contributed by atoms with Crippen molar-refractivity contribution < 1.29 is 14.3 Å². The minimum Gasteiger partial charge on any atom is -0.473 e. The standard InChI is InChI=1S/C25H30N6O3/c1-16-14-31(25(26)32)10-11-33-22(16)15-34-24-23-20(27-7-8-28-23)13-19(29-24)17-5-6-21-18(12-17)4-3-9-30(21)2/h5-8,12-13,16,22H,3-4,9-11,14-15H2,1-2H3,(H2,26,32). The molecule has 2 aromatic heterocycles. The molecule has 1 aromatic carbocycles. The van der Waals surface area contributed by atoms with E-state index in [1.807, 2.05) is 13.0 Å². The SMILES string of the molecule is CC1CN(C(N)=O)CCOC1COc1nc(-c2ccc3c(c2)CCCN3C)cc2nccnc12. The first-order valence-corrected chi connectivity index (χ1v) is 11.7. The van der Waals surface area contributed by atoms with Crippen LogP contribution in [0.15, 0.2) is 36.7 Å². The zero-order valence-corrected chi connectivity index (χ0v) is 19.6. The number of hydrogen-bond acceptors (Lipinski definition) is 7. The number of fused-ring (bicyclic) bond motifs is 2. The van der Waals surface area contributed by atoms with Crippen molar-refractivity contribution in [2.45, 2.75) is 25.9 Å². The Bertz CT molecular complexity index is 1200. The van der Waals surface area contributed by atoms with Crippen molar-refractivity contribution in [2.75, 3.05) is 44.8 Å². The number of nitrogens with two attached hydrogens (primary N) is 1. The van der Waals surface area contributed by atoms with Gasteiger partial charge in [-0.3, -0.25) is 4.98 Å². The van der Waals surface area contributed by atoms with Gasteiger partial charge in [-0.15, -0.1) is 0 Å². The Morgan fingerprint density at radius 3 is 2.94 bits per heavy atom. The van der Waals surface area contributed by atoms with E-state index in [1.54, 1.807) is 17.3 Å². The summed E-state index contributed by atoms with van der Waals surface area (Å²) >= 11 is 0. The van der Waals surface area contributed by atoms with Crippen molar-refractivity contribution in [3.05, 3.63) is 42.2 Å². The Morgan fingerprint density at radius 2 is 2.09 bits per heavy atom. The van der Waals surface area contributed by atoms with Crippen LogP contribution >= 0.6 is 0 Å². The molecule has 0 aliphatic carbocycles. The number of ether oxygens (including phenoxy) is 2. The number of anilines is 1. The maximum Gasteiger partial charge on any atom is 0.314 e. The second kappa shape index (κ2) is 9.42. The summed E-state index contributed by atoms with van der Waals surface area (Å²) in [5, 5.41) is 0. The lowest BCUT2D eigenvalue weighted by molar-refractivity contribution is 0.00374. The maximum atomic E-state index is 11.6. The van der Waals surface area contributed by atoms with Gasteiger partial charge in [0.05, 0.1) is 23.9 Å². The molecular formula is C25H30N6O3. The summed E-state index contributed by atoms with van der Waals surface area (Å²) in [4.78, 5) is 29.3. The first kappa shape index (κ1) is 22.3. The van der Waals surface area contributed by atoms with E-state index >= 15 is 0 Å². The molecule has 9 nitrogen and oxygen atoms in total. The summed E-state index contributed by atoms with van der Waals surface area (Å²) in [5.74, 6) is 0.496. The molecule has 0 saturated carbocycles. The number of carbonyl (C=O) groups is 1. The highest BCUT2D eigenvalue weighted by atomic mass is 16.5. The molecule has 2 atom stereocenters. The van der Waals surface area contributed by atoms with E-state index in [0.29, 0.717) is 37.7 Å². The van der Waals surface area contributed by atoms with E-state index in [1.165, 1.54) is 11.3 Å². The van der Waals surface area contributed by atoms with Crippen LogP contribution in [0.2, 0.25) is 0 Å². The predicted octanol–water partition coefficient (Wildman–Crippen LogP) is 2.87. The van der Waals surface area contributed by atoms with Gasteiger partial charge in [-0.1, -0.05) is 13.0 Å². The molecule has 2 aliphatic rings. The van der Waals surface area contributed by atoms with Crippen LogP contribution in [0.4, 0.5) is 10.5 Å². The van der Waals surface area contributed by atoms with Crippen molar-refractivity contribution in [3.63, 3.8) is 0 Å². The number of amides is 2. The third-order valence-electron chi connectivity index (χ3n) is 6.68. The summed E-state index contributed by atoms with van der Waals surface area (Å²) in [6.07, 6.45) is 5.32. The van der Waals surface area contributed by atoms with Crippen molar-refractivity contribution in [1.82, 2.24) is 19.9 Å². The smallest absolute Gasteiger partial charge is 0.314 e. The number of aromatic nitrogens is 3. The highest BCUT2D eigenvalue weighted by Gasteiger charge is 2.27.